The molecule has 7 rings (SSSR count). The van der Waals surface area contributed by atoms with Gasteiger partial charge in [-0.05, 0) is 136 Å². The minimum atomic E-state index is -0.775. The quantitative estimate of drug-likeness (QED) is 0.313. The Hall–Kier alpha value is -1.58. The molecule has 5 fully saturated rings. The molecule has 7 aliphatic carbocycles. The lowest BCUT2D eigenvalue weighted by atomic mass is 9.31. The van der Waals surface area contributed by atoms with Gasteiger partial charge in [0.25, 0.3) is 0 Å². The van der Waals surface area contributed by atoms with Crippen LogP contribution in [0.2, 0.25) is 0 Å². The summed E-state index contributed by atoms with van der Waals surface area (Å²) in [6, 6.07) is 0. The van der Waals surface area contributed by atoms with Gasteiger partial charge >= 0.3 is 11.9 Å². The molecule has 0 heterocycles. The molecule has 0 aromatic heterocycles. The number of carboxylic acid groups (broad SMARTS) is 2. The van der Waals surface area contributed by atoms with Crippen LogP contribution in [0.3, 0.4) is 0 Å². The van der Waals surface area contributed by atoms with E-state index in [-0.39, 0.29) is 34.5 Å². The van der Waals surface area contributed by atoms with E-state index in [1.807, 2.05) is 0 Å². The van der Waals surface area contributed by atoms with E-state index in [9.17, 15) is 19.8 Å². The van der Waals surface area contributed by atoms with Crippen molar-refractivity contribution >= 4 is 11.9 Å². The third kappa shape index (κ3) is 3.69. The molecule has 244 valence electrons. The maximum Gasteiger partial charge on any atom is 0.310 e. The first kappa shape index (κ1) is 31.0. The van der Waals surface area contributed by atoms with Gasteiger partial charge in [-0.2, -0.15) is 0 Å². The van der Waals surface area contributed by atoms with Gasteiger partial charge < -0.3 is 10.2 Å². The topological polar surface area (TPSA) is 74.6 Å². The lowest BCUT2D eigenvalue weighted by Gasteiger charge is -2.72. The first-order valence-electron chi connectivity index (χ1n) is 18.6. The second-order valence-corrected chi connectivity index (χ2v) is 18.5. The van der Waals surface area contributed by atoms with Crippen molar-refractivity contribution in [3.05, 3.63) is 22.3 Å². The van der Waals surface area contributed by atoms with Crippen LogP contribution in [0.25, 0.3) is 0 Å². The second-order valence-electron chi connectivity index (χ2n) is 18.5. The van der Waals surface area contributed by atoms with E-state index in [1.165, 1.54) is 12.8 Å². The Kier molecular flexibility index (Phi) is 7.03. The van der Waals surface area contributed by atoms with Crippen LogP contribution in [0, 0.1) is 80.8 Å². The minimum absolute atomic E-state index is 0.0204. The number of carbonyl (C=O) groups is 2. The molecule has 44 heavy (non-hydrogen) atoms. The Morgan fingerprint density at radius 3 is 1.84 bits per heavy atom. The van der Waals surface area contributed by atoms with Gasteiger partial charge in [-0.1, -0.05) is 83.1 Å². The molecule has 0 aromatic rings. The first-order valence-corrected chi connectivity index (χ1v) is 18.6. The van der Waals surface area contributed by atoms with Crippen molar-refractivity contribution in [2.24, 2.45) is 80.8 Å². The van der Waals surface area contributed by atoms with Gasteiger partial charge in [0.2, 0.25) is 0 Å². The summed E-state index contributed by atoms with van der Waals surface area (Å²) in [5, 5.41) is 22.3. The van der Waals surface area contributed by atoms with Gasteiger partial charge in [0.15, 0.2) is 0 Å². The van der Waals surface area contributed by atoms with Gasteiger partial charge in [-0.3, -0.25) is 9.59 Å². The van der Waals surface area contributed by atoms with Gasteiger partial charge in [0, 0.05) is 5.92 Å². The van der Waals surface area contributed by atoms with Gasteiger partial charge in [-0.15, -0.1) is 0 Å². The van der Waals surface area contributed by atoms with E-state index in [0.29, 0.717) is 35.5 Å². The molecule has 0 aliphatic heterocycles. The van der Waals surface area contributed by atoms with Gasteiger partial charge in [-0.25, -0.2) is 0 Å². The largest absolute Gasteiger partial charge is 0.481 e. The minimum Gasteiger partial charge on any atom is -0.481 e. The molecule has 0 radical (unpaired) electrons. The maximum absolute atomic E-state index is 14.0. The Balaban J connectivity index is 1.55. The summed E-state index contributed by atoms with van der Waals surface area (Å²) in [5.74, 6) is 2.14. The predicted octanol–water partition coefficient (Wildman–Crippen LogP) is 9.79. The highest BCUT2D eigenvalue weighted by atomic mass is 16.4. The zero-order valence-electron chi connectivity index (χ0n) is 29.0. The number of fused-ring (bicyclic) bond motifs is 6. The van der Waals surface area contributed by atoms with Gasteiger partial charge in [0.1, 0.15) is 0 Å². The second kappa shape index (κ2) is 9.96. The number of carboxylic acids is 2. The lowest BCUT2D eigenvalue weighted by Crippen LogP contribution is -2.68. The summed E-state index contributed by atoms with van der Waals surface area (Å²) in [4.78, 5) is 27.1. The van der Waals surface area contributed by atoms with Crippen LogP contribution in [-0.2, 0) is 9.59 Å². The van der Waals surface area contributed by atoms with E-state index in [4.69, 9.17) is 0 Å². The van der Waals surface area contributed by atoms with E-state index in [2.05, 4.69) is 55.4 Å². The lowest BCUT2D eigenvalue weighted by molar-refractivity contribution is -0.199. The summed E-state index contributed by atoms with van der Waals surface area (Å²) in [7, 11) is 0. The van der Waals surface area contributed by atoms with Crippen molar-refractivity contribution < 1.29 is 19.8 Å². The van der Waals surface area contributed by atoms with Crippen LogP contribution in [0.4, 0.5) is 0 Å². The smallest absolute Gasteiger partial charge is 0.310 e. The van der Waals surface area contributed by atoms with Crippen molar-refractivity contribution in [1.82, 2.24) is 0 Å². The summed E-state index contributed by atoms with van der Waals surface area (Å²) < 4.78 is 0. The van der Waals surface area contributed by atoms with Crippen LogP contribution in [0.15, 0.2) is 22.3 Å². The van der Waals surface area contributed by atoms with Crippen molar-refractivity contribution in [1.29, 1.82) is 0 Å². The fraction of sp³-hybridized carbons (Fsp3) is 0.850. The average molecular weight is 605 g/mol. The van der Waals surface area contributed by atoms with Crippen molar-refractivity contribution in [3.63, 3.8) is 0 Å². The highest BCUT2D eigenvalue weighted by molar-refractivity contribution is 5.77. The zero-order valence-corrected chi connectivity index (χ0v) is 29.0. The standard InChI is InChI=1S/C40H60O4/c1-21(2)23-13-16-27-33-30(23)25-20-29-38(6,18-11-19-39(29,7)35(41)42)26-15-14-24(22(3)4)32(31(25)26)34(33)40(8,36(43)44)28-12-9-10-17-37(27,28)5/h21-22,25-29,31,33-34H,9-20H2,1-8H3,(H,41,42)(H,43,44). The van der Waals surface area contributed by atoms with E-state index >= 15 is 0 Å². The van der Waals surface area contributed by atoms with Crippen LogP contribution in [0.1, 0.15) is 132 Å². The molecule has 7 aliphatic rings. The predicted molar refractivity (Wildman–Crippen MR) is 175 cm³/mol. The third-order valence-electron chi connectivity index (χ3n) is 16.4. The molecule has 0 saturated heterocycles. The summed E-state index contributed by atoms with van der Waals surface area (Å²) in [6.45, 7) is 18.7. The summed E-state index contributed by atoms with van der Waals surface area (Å²) >= 11 is 0. The molecule has 12 atom stereocenters. The fourth-order valence-corrected chi connectivity index (χ4v) is 14.7. The molecule has 4 nitrogen and oxygen atoms in total. The highest BCUT2D eigenvalue weighted by Gasteiger charge is 2.73. The molecule has 4 heteroatoms. The maximum atomic E-state index is 14.0. The fourth-order valence-electron chi connectivity index (χ4n) is 14.7. The zero-order chi connectivity index (χ0) is 31.7. The van der Waals surface area contributed by atoms with Crippen LogP contribution < -0.4 is 0 Å². The molecule has 0 aromatic carbocycles. The Labute approximate surface area is 266 Å². The number of aliphatic carboxylic acids is 2. The molecule has 0 spiro atoms. The Bertz CT molecular complexity index is 1320. The van der Waals surface area contributed by atoms with Crippen molar-refractivity contribution in [2.45, 2.75) is 132 Å². The molecule has 0 bridgehead atoms. The summed E-state index contributed by atoms with van der Waals surface area (Å²) in [6.07, 6.45) is 13.0. The average Bonchev–Trinajstić information content (AvgIpc) is 2.96. The van der Waals surface area contributed by atoms with E-state index in [1.54, 1.807) is 22.3 Å². The number of hydrogen-bond acceptors (Lipinski definition) is 2. The molecule has 0 amide bonds. The molecular formula is C40H60O4. The van der Waals surface area contributed by atoms with Crippen molar-refractivity contribution in [3.8, 4) is 0 Å². The molecular weight excluding hydrogens is 544 g/mol. The summed E-state index contributed by atoms with van der Waals surface area (Å²) in [5.41, 5.74) is 5.01. The molecule has 2 N–H and O–H groups in total. The number of hydrogen-bond donors (Lipinski definition) is 2. The van der Waals surface area contributed by atoms with Gasteiger partial charge in [0.05, 0.1) is 10.8 Å². The third-order valence-corrected chi connectivity index (χ3v) is 16.4. The number of allylic oxidation sites excluding steroid dienone is 4. The number of rotatable bonds is 4. The normalized spacial score (nSPS) is 49.7. The van der Waals surface area contributed by atoms with E-state index < -0.39 is 22.8 Å². The Morgan fingerprint density at radius 1 is 0.682 bits per heavy atom. The van der Waals surface area contributed by atoms with Crippen molar-refractivity contribution in [2.75, 3.05) is 0 Å². The SMILES string of the molecule is CC(C)C1=C2C3CC4C(C)(C(=O)O)CCCC4(C)C4CCC(C(C)C)=C(C34)C3C2C(CC1)C1(C)CCCCC1C3(C)C(=O)O. The van der Waals surface area contributed by atoms with Crippen LogP contribution in [0.5, 0.6) is 0 Å². The monoisotopic (exact) mass is 604 g/mol. The Morgan fingerprint density at radius 2 is 1.25 bits per heavy atom. The van der Waals surface area contributed by atoms with E-state index in [0.717, 1.165) is 64.2 Å². The van der Waals surface area contributed by atoms with Crippen LogP contribution in [-0.4, -0.2) is 22.2 Å². The highest BCUT2D eigenvalue weighted by Crippen LogP contribution is 2.77. The molecule has 12 unspecified atom stereocenters. The first-order chi connectivity index (χ1) is 20.6. The van der Waals surface area contributed by atoms with Crippen LogP contribution >= 0.6 is 0 Å². The molecule has 5 saturated carbocycles.